The van der Waals surface area contributed by atoms with E-state index in [0.717, 1.165) is 23.7 Å². The molecule has 0 bridgehead atoms. The van der Waals surface area contributed by atoms with Crippen molar-refractivity contribution in [3.8, 4) is 11.3 Å². The standard InChI is InChI=1S/C13H12O2/c1-9-2-4-10(5-3-9)11-6-7-12(15-11)13-8-14-13/h2-7,13H,8H2,1H3. The summed E-state index contributed by atoms with van der Waals surface area (Å²) >= 11 is 0. The van der Waals surface area contributed by atoms with Gasteiger partial charge in [0, 0.05) is 5.56 Å². The van der Waals surface area contributed by atoms with Gasteiger partial charge in [-0.3, -0.25) is 0 Å². The summed E-state index contributed by atoms with van der Waals surface area (Å²) in [7, 11) is 0. The van der Waals surface area contributed by atoms with Crippen molar-refractivity contribution in [2.75, 3.05) is 6.61 Å². The zero-order valence-electron chi connectivity index (χ0n) is 8.57. The molecular weight excluding hydrogens is 188 g/mol. The summed E-state index contributed by atoms with van der Waals surface area (Å²) in [5.74, 6) is 1.85. The van der Waals surface area contributed by atoms with Crippen LogP contribution in [0.4, 0.5) is 0 Å². The Morgan fingerprint density at radius 2 is 1.80 bits per heavy atom. The van der Waals surface area contributed by atoms with Crippen molar-refractivity contribution in [1.82, 2.24) is 0 Å². The summed E-state index contributed by atoms with van der Waals surface area (Å²) in [5, 5.41) is 0. The van der Waals surface area contributed by atoms with Crippen LogP contribution in [0.3, 0.4) is 0 Å². The van der Waals surface area contributed by atoms with E-state index in [0.29, 0.717) is 0 Å². The molecule has 0 radical (unpaired) electrons. The van der Waals surface area contributed by atoms with Crippen molar-refractivity contribution in [3.63, 3.8) is 0 Å². The zero-order chi connectivity index (χ0) is 10.3. The normalized spacial score (nSPS) is 19.1. The van der Waals surface area contributed by atoms with Crippen molar-refractivity contribution >= 4 is 0 Å². The fourth-order valence-corrected chi connectivity index (χ4v) is 1.61. The Morgan fingerprint density at radius 1 is 1.07 bits per heavy atom. The predicted molar refractivity (Wildman–Crippen MR) is 57.6 cm³/mol. The van der Waals surface area contributed by atoms with Gasteiger partial charge in [-0.25, -0.2) is 0 Å². The second-order valence-electron chi connectivity index (χ2n) is 3.89. The van der Waals surface area contributed by atoms with Crippen molar-refractivity contribution in [1.29, 1.82) is 0 Å². The highest BCUT2D eigenvalue weighted by atomic mass is 16.6. The van der Waals surface area contributed by atoms with E-state index < -0.39 is 0 Å². The van der Waals surface area contributed by atoms with Crippen LogP contribution in [-0.4, -0.2) is 6.61 Å². The molecule has 2 nitrogen and oxygen atoms in total. The highest BCUT2D eigenvalue weighted by Crippen LogP contribution is 2.33. The van der Waals surface area contributed by atoms with Crippen LogP contribution < -0.4 is 0 Å². The molecule has 0 N–H and O–H groups in total. The van der Waals surface area contributed by atoms with Crippen LogP contribution in [0.2, 0.25) is 0 Å². The smallest absolute Gasteiger partial charge is 0.139 e. The summed E-state index contributed by atoms with van der Waals surface area (Å²) in [6.07, 6.45) is 0.198. The van der Waals surface area contributed by atoms with Gasteiger partial charge >= 0.3 is 0 Å². The first kappa shape index (κ1) is 8.74. The van der Waals surface area contributed by atoms with Gasteiger partial charge in [0.25, 0.3) is 0 Å². The van der Waals surface area contributed by atoms with E-state index in [2.05, 4.69) is 31.2 Å². The van der Waals surface area contributed by atoms with Gasteiger partial charge in [0.2, 0.25) is 0 Å². The lowest BCUT2D eigenvalue weighted by Crippen LogP contribution is -1.75. The van der Waals surface area contributed by atoms with Crippen LogP contribution in [0.25, 0.3) is 11.3 Å². The monoisotopic (exact) mass is 200 g/mol. The average molecular weight is 200 g/mol. The van der Waals surface area contributed by atoms with Gasteiger partial charge in [-0.15, -0.1) is 0 Å². The molecule has 3 rings (SSSR count). The van der Waals surface area contributed by atoms with Crippen molar-refractivity contribution in [2.45, 2.75) is 13.0 Å². The summed E-state index contributed by atoms with van der Waals surface area (Å²) in [4.78, 5) is 0. The number of rotatable bonds is 2. The largest absolute Gasteiger partial charge is 0.458 e. The third-order valence-corrected chi connectivity index (χ3v) is 2.61. The molecule has 1 atom stereocenters. The fraction of sp³-hybridized carbons (Fsp3) is 0.231. The molecule has 0 amide bonds. The van der Waals surface area contributed by atoms with Gasteiger partial charge in [0.15, 0.2) is 0 Å². The van der Waals surface area contributed by atoms with Crippen LogP contribution in [-0.2, 0) is 4.74 Å². The molecule has 1 unspecified atom stereocenters. The Morgan fingerprint density at radius 3 is 2.47 bits per heavy atom. The Bertz CT molecular complexity index is 464. The first-order chi connectivity index (χ1) is 7.33. The number of furan rings is 1. The number of ether oxygens (including phenoxy) is 1. The van der Waals surface area contributed by atoms with E-state index in [1.807, 2.05) is 12.1 Å². The molecule has 2 heteroatoms. The number of benzene rings is 1. The van der Waals surface area contributed by atoms with E-state index in [-0.39, 0.29) is 6.10 Å². The Labute approximate surface area is 88.5 Å². The van der Waals surface area contributed by atoms with Gasteiger partial charge in [-0.2, -0.15) is 0 Å². The lowest BCUT2D eigenvalue weighted by molar-refractivity contribution is 0.373. The molecule has 1 aliphatic heterocycles. The Balaban J connectivity index is 1.93. The van der Waals surface area contributed by atoms with Crippen LogP contribution >= 0.6 is 0 Å². The van der Waals surface area contributed by atoms with E-state index in [1.54, 1.807) is 0 Å². The van der Waals surface area contributed by atoms with Gasteiger partial charge < -0.3 is 9.15 Å². The summed E-state index contributed by atoms with van der Waals surface area (Å²) in [6, 6.07) is 12.3. The maximum atomic E-state index is 5.71. The van der Waals surface area contributed by atoms with E-state index in [1.165, 1.54) is 5.56 Å². The number of hydrogen-bond acceptors (Lipinski definition) is 2. The molecule has 2 aromatic rings. The fourth-order valence-electron chi connectivity index (χ4n) is 1.61. The molecule has 1 saturated heterocycles. The van der Waals surface area contributed by atoms with Crippen LogP contribution in [0.5, 0.6) is 0 Å². The number of aryl methyl sites for hydroxylation is 1. The lowest BCUT2D eigenvalue weighted by Gasteiger charge is -1.97. The maximum absolute atomic E-state index is 5.71. The molecule has 0 spiro atoms. The van der Waals surface area contributed by atoms with Crippen LogP contribution in [0.15, 0.2) is 40.8 Å². The predicted octanol–water partition coefficient (Wildman–Crippen LogP) is 3.33. The minimum Gasteiger partial charge on any atom is -0.458 e. The van der Waals surface area contributed by atoms with Crippen molar-refractivity contribution in [3.05, 3.63) is 47.7 Å². The molecule has 76 valence electrons. The second kappa shape index (κ2) is 3.24. The molecule has 0 saturated carbocycles. The van der Waals surface area contributed by atoms with E-state index >= 15 is 0 Å². The Hall–Kier alpha value is -1.54. The highest BCUT2D eigenvalue weighted by Gasteiger charge is 2.28. The topological polar surface area (TPSA) is 25.7 Å². The first-order valence-electron chi connectivity index (χ1n) is 5.11. The molecule has 15 heavy (non-hydrogen) atoms. The van der Waals surface area contributed by atoms with Crippen LogP contribution in [0.1, 0.15) is 17.4 Å². The number of epoxide rings is 1. The summed E-state index contributed by atoms with van der Waals surface area (Å²) in [6.45, 7) is 2.87. The first-order valence-corrected chi connectivity index (χ1v) is 5.11. The molecule has 1 aromatic carbocycles. The van der Waals surface area contributed by atoms with Crippen molar-refractivity contribution in [2.24, 2.45) is 0 Å². The minimum atomic E-state index is 0.198. The zero-order valence-corrected chi connectivity index (χ0v) is 8.57. The molecule has 0 aliphatic carbocycles. The van der Waals surface area contributed by atoms with E-state index in [4.69, 9.17) is 9.15 Å². The minimum absolute atomic E-state index is 0.198. The molecule has 1 aromatic heterocycles. The third kappa shape index (κ3) is 1.68. The molecule has 1 fully saturated rings. The van der Waals surface area contributed by atoms with Gasteiger partial charge in [0.05, 0.1) is 6.61 Å². The van der Waals surface area contributed by atoms with Gasteiger partial charge in [-0.05, 0) is 19.1 Å². The van der Waals surface area contributed by atoms with Crippen LogP contribution in [0, 0.1) is 6.92 Å². The highest BCUT2D eigenvalue weighted by molar-refractivity contribution is 5.58. The Kier molecular flexibility index (Phi) is 1.89. The lowest BCUT2D eigenvalue weighted by atomic mass is 10.1. The quantitative estimate of drug-likeness (QED) is 0.695. The third-order valence-electron chi connectivity index (χ3n) is 2.61. The molecule has 1 aliphatic rings. The number of hydrogen-bond donors (Lipinski definition) is 0. The van der Waals surface area contributed by atoms with E-state index in [9.17, 15) is 0 Å². The van der Waals surface area contributed by atoms with Crippen molar-refractivity contribution < 1.29 is 9.15 Å². The SMILES string of the molecule is Cc1ccc(-c2ccc(C3CO3)o2)cc1. The molecule has 2 heterocycles. The maximum Gasteiger partial charge on any atom is 0.139 e. The summed E-state index contributed by atoms with van der Waals surface area (Å²) < 4.78 is 10.9. The molecular formula is C13H12O2. The average Bonchev–Trinajstić information content (AvgIpc) is 2.99. The summed E-state index contributed by atoms with van der Waals surface area (Å²) in [5.41, 5.74) is 2.38. The van der Waals surface area contributed by atoms with Gasteiger partial charge in [0.1, 0.15) is 17.6 Å². The second-order valence-corrected chi connectivity index (χ2v) is 3.89. The van der Waals surface area contributed by atoms with Gasteiger partial charge in [-0.1, -0.05) is 29.8 Å².